The lowest BCUT2D eigenvalue weighted by Gasteiger charge is -2.35. The van der Waals surface area contributed by atoms with Gasteiger partial charge in [0.2, 0.25) is 17.7 Å². The Morgan fingerprint density at radius 3 is 2.24 bits per heavy atom. The molecule has 1 saturated heterocycles. The van der Waals surface area contributed by atoms with Gasteiger partial charge in [0.05, 0.1) is 18.1 Å². The standard InChI is InChI=1S/C20H29FN4O3S/c1-3-24(4-2)19(27)13-23-9-11-25(12-10-23)20(28)15-29-14-18(26)22-17-7-5-16(21)6-8-17/h5-8H,3-4,9-15H2,1-2H3,(H,22,26). The van der Waals surface area contributed by atoms with Gasteiger partial charge in [-0.15, -0.1) is 11.8 Å². The molecule has 160 valence electrons. The van der Waals surface area contributed by atoms with Gasteiger partial charge in [0.15, 0.2) is 0 Å². The van der Waals surface area contributed by atoms with Crippen molar-refractivity contribution >= 4 is 35.2 Å². The van der Waals surface area contributed by atoms with Crippen LogP contribution in [-0.2, 0) is 14.4 Å². The fourth-order valence-corrected chi connectivity index (χ4v) is 3.79. The molecule has 9 heteroatoms. The third-order valence-corrected chi connectivity index (χ3v) is 5.70. The minimum atomic E-state index is -0.361. The van der Waals surface area contributed by atoms with Crippen LogP contribution < -0.4 is 5.32 Å². The highest BCUT2D eigenvalue weighted by molar-refractivity contribution is 8.00. The number of hydrogen-bond donors (Lipinski definition) is 1. The van der Waals surface area contributed by atoms with E-state index in [0.717, 1.165) is 0 Å². The van der Waals surface area contributed by atoms with E-state index in [1.165, 1.54) is 36.0 Å². The third-order valence-electron chi connectivity index (χ3n) is 4.79. The monoisotopic (exact) mass is 424 g/mol. The second-order valence-electron chi connectivity index (χ2n) is 6.77. The first-order valence-electron chi connectivity index (χ1n) is 9.84. The number of anilines is 1. The Balaban J connectivity index is 1.64. The van der Waals surface area contributed by atoms with Crippen molar-refractivity contribution in [1.29, 1.82) is 0 Å². The summed E-state index contributed by atoms with van der Waals surface area (Å²) in [5.74, 6) is -0.0807. The molecule has 1 heterocycles. The number of hydrogen-bond acceptors (Lipinski definition) is 5. The van der Waals surface area contributed by atoms with Crippen LogP contribution in [0.2, 0.25) is 0 Å². The lowest BCUT2D eigenvalue weighted by atomic mass is 10.3. The summed E-state index contributed by atoms with van der Waals surface area (Å²) in [6.07, 6.45) is 0. The van der Waals surface area contributed by atoms with Crippen molar-refractivity contribution in [3.8, 4) is 0 Å². The molecule has 0 aromatic heterocycles. The van der Waals surface area contributed by atoms with E-state index in [-0.39, 0.29) is 35.0 Å². The van der Waals surface area contributed by atoms with Gasteiger partial charge in [0, 0.05) is 45.0 Å². The quantitative estimate of drug-likeness (QED) is 0.651. The molecule has 1 N–H and O–H groups in total. The predicted molar refractivity (Wildman–Crippen MR) is 113 cm³/mol. The molecule has 1 aliphatic rings. The van der Waals surface area contributed by atoms with Gasteiger partial charge in [-0.25, -0.2) is 4.39 Å². The molecular formula is C20H29FN4O3S. The van der Waals surface area contributed by atoms with E-state index in [4.69, 9.17) is 0 Å². The Hall–Kier alpha value is -2.13. The van der Waals surface area contributed by atoms with Gasteiger partial charge >= 0.3 is 0 Å². The summed E-state index contributed by atoms with van der Waals surface area (Å²) in [4.78, 5) is 42.1. The Bertz CT molecular complexity index is 689. The fraction of sp³-hybridized carbons (Fsp3) is 0.550. The summed E-state index contributed by atoms with van der Waals surface area (Å²) in [5, 5.41) is 2.67. The van der Waals surface area contributed by atoms with E-state index < -0.39 is 0 Å². The highest BCUT2D eigenvalue weighted by atomic mass is 32.2. The molecule has 2 rings (SSSR count). The van der Waals surface area contributed by atoms with Crippen LogP contribution in [0.5, 0.6) is 0 Å². The summed E-state index contributed by atoms with van der Waals surface area (Å²) >= 11 is 1.26. The molecule has 1 aromatic rings. The maximum absolute atomic E-state index is 12.9. The third kappa shape index (κ3) is 7.66. The molecule has 1 aromatic carbocycles. The molecule has 0 atom stereocenters. The van der Waals surface area contributed by atoms with Crippen molar-refractivity contribution in [2.45, 2.75) is 13.8 Å². The predicted octanol–water partition coefficient (Wildman–Crippen LogP) is 1.51. The van der Waals surface area contributed by atoms with Crippen LogP contribution in [0.15, 0.2) is 24.3 Å². The molecule has 7 nitrogen and oxygen atoms in total. The van der Waals surface area contributed by atoms with Crippen LogP contribution >= 0.6 is 11.8 Å². The molecule has 0 spiro atoms. The maximum atomic E-state index is 12.9. The van der Waals surface area contributed by atoms with Crippen LogP contribution in [0, 0.1) is 5.82 Å². The first-order chi connectivity index (χ1) is 13.9. The van der Waals surface area contributed by atoms with E-state index in [2.05, 4.69) is 10.2 Å². The van der Waals surface area contributed by atoms with Crippen LogP contribution in [0.4, 0.5) is 10.1 Å². The van der Waals surface area contributed by atoms with Crippen LogP contribution in [0.25, 0.3) is 0 Å². The molecule has 1 fully saturated rings. The second kappa shape index (κ2) is 11.8. The first-order valence-corrected chi connectivity index (χ1v) is 11.0. The van der Waals surface area contributed by atoms with Crippen LogP contribution in [0.3, 0.4) is 0 Å². The summed E-state index contributed by atoms with van der Waals surface area (Å²) < 4.78 is 12.9. The van der Waals surface area contributed by atoms with Crippen molar-refractivity contribution in [3.63, 3.8) is 0 Å². The molecule has 3 amide bonds. The SMILES string of the molecule is CCN(CC)C(=O)CN1CCN(C(=O)CSCC(=O)Nc2ccc(F)cc2)CC1. The topological polar surface area (TPSA) is 73.0 Å². The van der Waals surface area contributed by atoms with E-state index in [0.29, 0.717) is 51.5 Å². The highest BCUT2D eigenvalue weighted by Crippen LogP contribution is 2.11. The number of amides is 3. The average molecular weight is 425 g/mol. The molecular weight excluding hydrogens is 395 g/mol. The average Bonchev–Trinajstić information content (AvgIpc) is 2.71. The number of rotatable bonds is 9. The molecule has 0 radical (unpaired) electrons. The van der Waals surface area contributed by atoms with Gasteiger partial charge in [-0.2, -0.15) is 0 Å². The molecule has 0 saturated carbocycles. The van der Waals surface area contributed by atoms with Crippen molar-refractivity contribution in [2.24, 2.45) is 0 Å². The summed E-state index contributed by atoms with van der Waals surface area (Å²) in [6, 6.07) is 5.55. The molecule has 0 bridgehead atoms. The van der Waals surface area contributed by atoms with Gasteiger partial charge in [-0.05, 0) is 38.1 Å². The zero-order valence-corrected chi connectivity index (χ0v) is 17.8. The summed E-state index contributed by atoms with van der Waals surface area (Å²) in [5.41, 5.74) is 0.527. The van der Waals surface area contributed by atoms with Gasteiger partial charge in [0.1, 0.15) is 5.82 Å². The lowest BCUT2D eigenvalue weighted by Crippen LogP contribution is -2.52. The smallest absolute Gasteiger partial charge is 0.236 e. The Labute approximate surface area is 175 Å². The largest absolute Gasteiger partial charge is 0.342 e. The molecule has 1 aliphatic heterocycles. The number of nitrogens with one attached hydrogen (secondary N) is 1. The van der Waals surface area contributed by atoms with E-state index >= 15 is 0 Å². The number of nitrogens with zero attached hydrogens (tertiary/aromatic N) is 3. The minimum Gasteiger partial charge on any atom is -0.342 e. The molecule has 29 heavy (non-hydrogen) atoms. The Morgan fingerprint density at radius 1 is 1.03 bits per heavy atom. The lowest BCUT2D eigenvalue weighted by molar-refractivity contribution is -0.133. The van der Waals surface area contributed by atoms with Gasteiger partial charge < -0.3 is 15.1 Å². The number of carbonyl (C=O) groups excluding carboxylic acids is 3. The number of likely N-dealkylation sites (N-methyl/N-ethyl adjacent to an activating group) is 1. The maximum Gasteiger partial charge on any atom is 0.236 e. The van der Waals surface area contributed by atoms with E-state index in [1.54, 1.807) is 4.90 Å². The van der Waals surface area contributed by atoms with Crippen molar-refractivity contribution in [1.82, 2.24) is 14.7 Å². The number of thioether (sulfide) groups is 1. The fourth-order valence-electron chi connectivity index (χ4n) is 3.08. The minimum absolute atomic E-state index is 0.000647. The van der Waals surface area contributed by atoms with Crippen LogP contribution in [-0.4, -0.2) is 89.7 Å². The van der Waals surface area contributed by atoms with Crippen molar-refractivity contribution in [3.05, 3.63) is 30.1 Å². The van der Waals surface area contributed by atoms with E-state index in [1.807, 2.05) is 18.7 Å². The summed E-state index contributed by atoms with van der Waals surface area (Å²) in [6.45, 7) is 8.27. The van der Waals surface area contributed by atoms with Gasteiger partial charge in [-0.3, -0.25) is 19.3 Å². The number of benzene rings is 1. The zero-order chi connectivity index (χ0) is 21.2. The first kappa shape index (κ1) is 23.2. The van der Waals surface area contributed by atoms with Gasteiger partial charge in [-0.1, -0.05) is 0 Å². The normalized spacial score (nSPS) is 14.5. The highest BCUT2D eigenvalue weighted by Gasteiger charge is 2.23. The van der Waals surface area contributed by atoms with Crippen molar-refractivity contribution in [2.75, 3.05) is 62.6 Å². The number of piperazine rings is 1. The number of carbonyl (C=O) groups is 3. The second-order valence-corrected chi connectivity index (χ2v) is 7.76. The molecule has 0 unspecified atom stereocenters. The number of halogens is 1. The Morgan fingerprint density at radius 2 is 1.66 bits per heavy atom. The van der Waals surface area contributed by atoms with Crippen molar-refractivity contribution < 1.29 is 18.8 Å². The zero-order valence-electron chi connectivity index (χ0n) is 17.0. The van der Waals surface area contributed by atoms with E-state index in [9.17, 15) is 18.8 Å². The van der Waals surface area contributed by atoms with Crippen LogP contribution in [0.1, 0.15) is 13.8 Å². The molecule has 0 aliphatic carbocycles. The van der Waals surface area contributed by atoms with Gasteiger partial charge in [0.25, 0.3) is 0 Å². The summed E-state index contributed by atoms with van der Waals surface area (Å²) in [7, 11) is 0. The Kier molecular flexibility index (Phi) is 9.40.